The topological polar surface area (TPSA) is 50.9 Å². The SMILES string of the molecule is CNc1ccc(F)c(CN)n1. The second-order valence-corrected chi connectivity index (χ2v) is 2.08. The fourth-order valence-corrected chi connectivity index (χ4v) is 0.767. The number of nitrogens with zero attached hydrogens (tertiary/aromatic N) is 1. The van der Waals surface area contributed by atoms with Crippen LogP contribution in [0.5, 0.6) is 0 Å². The maximum absolute atomic E-state index is 12.7. The van der Waals surface area contributed by atoms with Gasteiger partial charge in [-0.2, -0.15) is 0 Å². The molecule has 3 nitrogen and oxygen atoms in total. The molecule has 0 radical (unpaired) electrons. The number of halogens is 1. The third kappa shape index (κ3) is 1.65. The van der Waals surface area contributed by atoms with Crippen LogP contribution in [0.2, 0.25) is 0 Å². The molecule has 0 aliphatic carbocycles. The Morgan fingerprint density at radius 2 is 2.36 bits per heavy atom. The Kier molecular flexibility index (Phi) is 2.38. The van der Waals surface area contributed by atoms with E-state index in [0.717, 1.165) is 0 Å². The quantitative estimate of drug-likeness (QED) is 0.661. The van der Waals surface area contributed by atoms with Gasteiger partial charge >= 0.3 is 0 Å². The maximum Gasteiger partial charge on any atom is 0.146 e. The molecular formula is C7H10FN3. The van der Waals surface area contributed by atoms with Crippen LogP contribution in [0.1, 0.15) is 5.69 Å². The van der Waals surface area contributed by atoms with E-state index in [0.29, 0.717) is 5.82 Å². The first kappa shape index (κ1) is 7.94. The third-order valence-corrected chi connectivity index (χ3v) is 1.37. The minimum atomic E-state index is -0.355. The minimum absolute atomic E-state index is 0.126. The van der Waals surface area contributed by atoms with Crippen LogP contribution in [0.15, 0.2) is 12.1 Å². The van der Waals surface area contributed by atoms with Crippen LogP contribution in [-0.4, -0.2) is 12.0 Å². The third-order valence-electron chi connectivity index (χ3n) is 1.37. The molecule has 1 rings (SSSR count). The monoisotopic (exact) mass is 155 g/mol. The van der Waals surface area contributed by atoms with Crippen molar-refractivity contribution in [1.82, 2.24) is 4.98 Å². The standard InChI is InChI=1S/C7H10FN3/c1-10-7-3-2-5(8)6(4-9)11-7/h2-3H,4,9H2,1H3,(H,10,11). The number of nitrogens with one attached hydrogen (secondary N) is 1. The van der Waals surface area contributed by atoms with Crippen LogP contribution in [0, 0.1) is 5.82 Å². The summed E-state index contributed by atoms with van der Waals surface area (Å²) in [6.45, 7) is 0.126. The molecule has 0 aliphatic heterocycles. The van der Waals surface area contributed by atoms with Crippen molar-refractivity contribution in [2.24, 2.45) is 5.73 Å². The molecule has 0 unspecified atom stereocenters. The molecule has 11 heavy (non-hydrogen) atoms. The smallest absolute Gasteiger partial charge is 0.146 e. The zero-order valence-electron chi connectivity index (χ0n) is 6.26. The fourth-order valence-electron chi connectivity index (χ4n) is 0.767. The molecule has 4 heteroatoms. The molecule has 0 amide bonds. The van der Waals surface area contributed by atoms with Gasteiger partial charge in [0.2, 0.25) is 0 Å². The lowest BCUT2D eigenvalue weighted by atomic mass is 10.3. The zero-order chi connectivity index (χ0) is 8.27. The Balaban J connectivity index is 3.02. The average Bonchev–Trinajstić information content (AvgIpc) is 2.05. The van der Waals surface area contributed by atoms with E-state index in [1.165, 1.54) is 6.07 Å². The van der Waals surface area contributed by atoms with Gasteiger partial charge in [0.25, 0.3) is 0 Å². The van der Waals surface area contributed by atoms with Crippen molar-refractivity contribution in [3.8, 4) is 0 Å². The van der Waals surface area contributed by atoms with E-state index in [1.807, 2.05) is 0 Å². The number of aromatic nitrogens is 1. The number of rotatable bonds is 2. The average molecular weight is 155 g/mol. The molecule has 60 valence electrons. The molecule has 1 aromatic rings. The van der Waals surface area contributed by atoms with Gasteiger partial charge in [-0.3, -0.25) is 0 Å². The van der Waals surface area contributed by atoms with Gasteiger partial charge < -0.3 is 11.1 Å². The summed E-state index contributed by atoms with van der Waals surface area (Å²) < 4.78 is 12.7. The summed E-state index contributed by atoms with van der Waals surface area (Å²) in [5.74, 6) is 0.276. The van der Waals surface area contributed by atoms with Gasteiger partial charge in [-0.1, -0.05) is 0 Å². The molecule has 0 spiro atoms. The van der Waals surface area contributed by atoms with Gasteiger partial charge in [0.15, 0.2) is 0 Å². The van der Waals surface area contributed by atoms with Crippen molar-refractivity contribution in [3.05, 3.63) is 23.6 Å². The number of pyridine rings is 1. The molecule has 3 N–H and O–H groups in total. The molecular weight excluding hydrogens is 145 g/mol. The summed E-state index contributed by atoms with van der Waals surface area (Å²) in [5, 5.41) is 2.80. The lowest BCUT2D eigenvalue weighted by Gasteiger charge is -2.01. The lowest BCUT2D eigenvalue weighted by molar-refractivity contribution is 0.600. The molecule has 0 atom stereocenters. The summed E-state index contributed by atoms with van der Waals surface area (Å²) in [6.07, 6.45) is 0. The highest BCUT2D eigenvalue weighted by Gasteiger charge is 2.01. The van der Waals surface area contributed by atoms with E-state index in [9.17, 15) is 4.39 Å². The van der Waals surface area contributed by atoms with Gasteiger partial charge in [0, 0.05) is 13.6 Å². The van der Waals surface area contributed by atoms with Crippen LogP contribution in [0.25, 0.3) is 0 Å². The Labute approximate surface area is 64.4 Å². The summed E-state index contributed by atoms with van der Waals surface area (Å²) >= 11 is 0. The highest BCUT2D eigenvalue weighted by molar-refractivity contribution is 5.34. The fraction of sp³-hybridized carbons (Fsp3) is 0.286. The minimum Gasteiger partial charge on any atom is -0.373 e. The van der Waals surface area contributed by atoms with Crippen LogP contribution in [-0.2, 0) is 6.54 Å². The second-order valence-electron chi connectivity index (χ2n) is 2.08. The van der Waals surface area contributed by atoms with E-state index in [2.05, 4.69) is 10.3 Å². The highest BCUT2D eigenvalue weighted by atomic mass is 19.1. The molecule has 0 saturated heterocycles. The molecule has 0 fully saturated rings. The summed E-state index contributed by atoms with van der Waals surface area (Å²) in [6, 6.07) is 2.91. The van der Waals surface area contributed by atoms with Crippen molar-refractivity contribution < 1.29 is 4.39 Å². The normalized spacial score (nSPS) is 9.73. The molecule has 1 aromatic heterocycles. The summed E-state index contributed by atoms with van der Waals surface area (Å²) in [7, 11) is 1.72. The summed E-state index contributed by atoms with van der Waals surface area (Å²) in [4.78, 5) is 3.90. The van der Waals surface area contributed by atoms with Gasteiger partial charge in [0.1, 0.15) is 11.6 Å². The first-order chi connectivity index (χ1) is 5.27. The number of anilines is 1. The van der Waals surface area contributed by atoms with Crippen molar-refractivity contribution in [2.45, 2.75) is 6.54 Å². The predicted molar refractivity (Wildman–Crippen MR) is 41.6 cm³/mol. The lowest BCUT2D eigenvalue weighted by Crippen LogP contribution is -2.04. The van der Waals surface area contributed by atoms with E-state index in [-0.39, 0.29) is 18.1 Å². The van der Waals surface area contributed by atoms with E-state index >= 15 is 0 Å². The number of nitrogens with two attached hydrogens (primary N) is 1. The second kappa shape index (κ2) is 3.30. The summed E-state index contributed by atoms with van der Waals surface area (Å²) in [5.41, 5.74) is 5.53. The van der Waals surface area contributed by atoms with Gasteiger partial charge in [0.05, 0.1) is 5.69 Å². The largest absolute Gasteiger partial charge is 0.373 e. The van der Waals surface area contributed by atoms with E-state index < -0.39 is 0 Å². The van der Waals surface area contributed by atoms with E-state index in [1.54, 1.807) is 13.1 Å². The van der Waals surface area contributed by atoms with Gasteiger partial charge in [-0.05, 0) is 12.1 Å². The Bertz CT molecular complexity index is 249. The van der Waals surface area contributed by atoms with Gasteiger partial charge in [-0.25, -0.2) is 9.37 Å². The van der Waals surface area contributed by atoms with E-state index in [4.69, 9.17) is 5.73 Å². The molecule has 1 heterocycles. The van der Waals surface area contributed by atoms with Crippen molar-refractivity contribution in [2.75, 3.05) is 12.4 Å². The molecule has 0 bridgehead atoms. The highest BCUT2D eigenvalue weighted by Crippen LogP contribution is 2.07. The molecule has 0 saturated carbocycles. The van der Waals surface area contributed by atoms with Crippen LogP contribution < -0.4 is 11.1 Å². The zero-order valence-corrected chi connectivity index (χ0v) is 6.26. The Morgan fingerprint density at radius 3 is 2.91 bits per heavy atom. The van der Waals surface area contributed by atoms with Crippen molar-refractivity contribution in [3.63, 3.8) is 0 Å². The van der Waals surface area contributed by atoms with Crippen LogP contribution in [0.4, 0.5) is 10.2 Å². The van der Waals surface area contributed by atoms with Crippen molar-refractivity contribution in [1.29, 1.82) is 0 Å². The number of hydrogen-bond acceptors (Lipinski definition) is 3. The van der Waals surface area contributed by atoms with Crippen molar-refractivity contribution >= 4 is 5.82 Å². The Morgan fingerprint density at radius 1 is 1.64 bits per heavy atom. The first-order valence-electron chi connectivity index (χ1n) is 3.31. The van der Waals surface area contributed by atoms with Gasteiger partial charge in [-0.15, -0.1) is 0 Å². The number of hydrogen-bond donors (Lipinski definition) is 2. The first-order valence-corrected chi connectivity index (χ1v) is 3.31. The predicted octanol–water partition coefficient (Wildman–Crippen LogP) is 0.721. The van der Waals surface area contributed by atoms with Crippen LogP contribution >= 0.6 is 0 Å². The molecule has 0 aromatic carbocycles. The van der Waals surface area contributed by atoms with Crippen LogP contribution in [0.3, 0.4) is 0 Å². The Hall–Kier alpha value is -1.16. The maximum atomic E-state index is 12.7. The molecule has 0 aliphatic rings.